The molecule has 5 nitrogen and oxygen atoms in total. The van der Waals surface area contributed by atoms with E-state index in [0.29, 0.717) is 16.5 Å². The highest BCUT2D eigenvalue weighted by Gasteiger charge is 2.49. The number of nitrogens with zero attached hydrogens (tertiary/aromatic N) is 2. The summed E-state index contributed by atoms with van der Waals surface area (Å²) in [4.78, 5) is 6.86. The number of aromatic nitrogens is 1. The van der Waals surface area contributed by atoms with Gasteiger partial charge in [0.25, 0.3) is 0 Å². The molecule has 0 radical (unpaired) electrons. The van der Waals surface area contributed by atoms with E-state index in [1.54, 1.807) is 23.0 Å². The molecule has 1 aliphatic heterocycles. The molecule has 0 amide bonds. The fourth-order valence-corrected chi connectivity index (χ4v) is 6.83. The van der Waals surface area contributed by atoms with Gasteiger partial charge >= 0.3 is 0 Å². The molecule has 8 heteroatoms. The Labute approximate surface area is 197 Å². The molecule has 0 spiro atoms. The average Bonchev–Trinajstić information content (AvgIpc) is 3.46. The maximum atomic E-state index is 12.7. The largest absolute Gasteiger partial charge is 0.489 e. The first-order valence-corrected chi connectivity index (χ1v) is 13.8. The molecule has 1 aliphatic carbocycles. The Bertz CT molecular complexity index is 1170. The second kappa shape index (κ2) is 8.78. The molecule has 2 heterocycles. The predicted molar refractivity (Wildman–Crippen MR) is 127 cm³/mol. The lowest BCUT2D eigenvalue weighted by molar-refractivity contribution is 0.0657. The van der Waals surface area contributed by atoms with E-state index in [2.05, 4.69) is 40.2 Å². The van der Waals surface area contributed by atoms with E-state index in [9.17, 15) is 8.42 Å². The Morgan fingerprint density at radius 2 is 1.88 bits per heavy atom. The minimum atomic E-state index is -3.50. The summed E-state index contributed by atoms with van der Waals surface area (Å²) < 4.78 is 31.5. The van der Waals surface area contributed by atoms with Crippen LogP contribution in [0.15, 0.2) is 64.3 Å². The molecular weight excluding hydrogens is 464 g/mol. The third-order valence-electron chi connectivity index (χ3n) is 6.46. The normalized spacial score (nSPS) is 19.0. The second-order valence-corrected chi connectivity index (χ2v) is 11.6. The molecule has 32 heavy (non-hydrogen) atoms. The van der Waals surface area contributed by atoms with Crippen molar-refractivity contribution in [2.45, 2.75) is 48.0 Å². The summed E-state index contributed by atoms with van der Waals surface area (Å²) in [6, 6.07) is 15.5. The number of benzene rings is 2. The van der Waals surface area contributed by atoms with Crippen molar-refractivity contribution in [2.24, 2.45) is 0 Å². The van der Waals surface area contributed by atoms with Gasteiger partial charge in [-0.25, -0.2) is 13.4 Å². The standard InChI is InChI=1S/C24H25ClN2O3S2/c25-22-14-21(32(28,29)16-19-15-31-17-26-19)6-7-23(22)30-20-8-12-27(13-9-20)24(10-11-24)18-4-2-1-3-5-18/h1-7,14-15,17,20H,8-13,16H2. The van der Waals surface area contributed by atoms with Crippen LogP contribution in [0.5, 0.6) is 5.75 Å². The van der Waals surface area contributed by atoms with Gasteiger partial charge in [-0.15, -0.1) is 11.3 Å². The van der Waals surface area contributed by atoms with Crippen molar-refractivity contribution >= 4 is 32.8 Å². The zero-order valence-electron chi connectivity index (χ0n) is 17.6. The fourth-order valence-electron chi connectivity index (χ4n) is 4.59. The van der Waals surface area contributed by atoms with Crippen LogP contribution in [0.3, 0.4) is 0 Å². The number of ether oxygens (including phenoxy) is 1. The molecule has 168 valence electrons. The number of thiazole rings is 1. The number of hydrogen-bond donors (Lipinski definition) is 0. The molecule has 5 rings (SSSR count). The molecule has 0 atom stereocenters. The van der Waals surface area contributed by atoms with Crippen molar-refractivity contribution in [1.29, 1.82) is 0 Å². The monoisotopic (exact) mass is 488 g/mol. The second-order valence-electron chi connectivity index (χ2n) is 8.53. The van der Waals surface area contributed by atoms with Crippen LogP contribution in [0, 0.1) is 0 Å². The van der Waals surface area contributed by atoms with Gasteiger partial charge in [-0.3, -0.25) is 4.90 Å². The number of halogens is 1. The molecular formula is C24H25ClN2O3S2. The van der Waals surface area contributed by atoms with E-state index >= 15 is 0 Å². The van der Waals surface area contributed by atoms with Crippen molar-refractivity contribution in [1.82, 2.24) is 9.88 Å². The number of hydrogen-bond acceptors (Lipinski definition) is 6. The minimum absolute atomic E-state index is 0.0767. The van der Waals surface area contributed by atoms with Crippen LogP contribution >= 0.6 is 22.9 Å². The third kappa shape index (κ3) is 4.44. The van der Waals surface area contributed by atoms with E-state index in [-0.39, 0.29) is 22.3 Å². The van der Waals surface area contributed by atoms with Crippen LogP contribution < -0.4 is 4.74 Å². The molecule has 0 unspecified atom stereocenters. The van der Waals surface area contributed by atoms with E-state index < -0.39 is 9.84 Å². The summed E-state index contributed by atoms with van der Waals surface area (Å²) in [5.41, 5.74) is 3.79. The van der Waals surface area contributed by atoms with Gasteiger partial charge < -0.3 is 4.74 Å². The van der Waals surface area contributed by atoms with Gasteiger partial charge in [-0.1, -0.05) is 41.9 Å². The van der Waals surface area contributed by atoms with E-state index in [1.807, 2.05) is 0 Å². The highest BCUT2D eigenvalue weighted by Crippen LogP contribution is 2.51. The maximum Gasteiger partial charge on any atom is 0.184 e. The lowest BCUT2D eigenvalue weighted by Gasteiger charge is -2.38. The number of likely N-dealkylation sites (tertiary alicyclic amines) is 1. The minimum Gasteiger partial charge on any atom is -0.489 e. The van der Waals surface area contributed by atoms with Gasteiger partial charge in [-0.2, -0.15) is 0 Å². The number of rotatable bonds is 7. The van der Waals surface area contributed by atoms with E-state index in [0.717, 1.165) is 25.9 Å². The van der Waals surface area contributed by atoms with E-state index in [1.165, 1.54) is 35.8 Å². The number of piperidine rings is 1. The topological polar surface area (TPSA) is 59.5 Å². The Morgan fingerprint density at radius 1 is 1.12 bits per heavy atom. The number of sulfone groups is 1. The summed E-state index contributed by atoms with van der Waals surface area (Å²) in [7, 11) is -3.50. The van der Waals surface area contributed by atoms with Gasteiger partial charge in [0, 0.05) is 24.0 Å². The van der Waals surface area contributed by atoms with Crippen LogP contribution in [-0.2, 0) is 21.1 Å². The predicted octanol–water partition coefficient (Wildman–Crippen LogP) is 5.30. The van der Waals surface area contributed by atoms with Crippen molar-refractivity contribution in [3.8, 4) is 5.75 Å². The molecule has 0 bridgehead atoms. The smallest absolute Gasteiger partial charge is 0.184 e. The summed E-state index contributed by atoms with van der Waals surface area (Å²) in [5, 5.41) is 2.07. The third-order valence-corrected chi connectivity index (χ3v) is 9.04. The first-order valence-electron chi connectivity index (χ1n) is 10.8. The molecule has 2 fully saturated rings. The summed E-state index contributed by atoms with van der Waals surface area (Å²) in [5.74, 6) is 0.413. The maximum absolute atomic E-state index is 12.7. The molecule has 3 aromatic rings. The summed E-state index contributed by atoms with van der Waals surface area (Å²) in [6.07, 6.45) is 4.35. The first kappa shape index (κ1) is 21.9. The molecule has 2 aromatic carbocycles. The Balaban J connectivity index is 1.21. The van der Waals surface area contributed by atoms with Crippen LogP contribution in [0.4, 0.5) is 0 Å². The zero-order chi connectivity index (χ0) is 22.2. The van der Waals surface area contributed by atoms with Gasteiger partial charge in [-0.05, 0) is 49.4 Å². The molecule has 1 saturated heterocycles. The Hall–Kier alpha value is -1.93. The summed E-state index contributed by atoms with van der Waals surface area (Å²) >= 11 is 7.79. The van der Waals surface area contributed by atoms with Crippen LogP contribution in [0.25, 0.3) is 0 Å². The molecule has 1 aromatic heterocycles. The molecule has 0 N–H and O–H groups in total. The lowest BCUT2D eigenvalue weighted by atomic mass is 9.98. The lowest BCUT2D eigenvalue weighted by Crippen LogP contribution is -2.44. The van der Waals surface area contributed by atoms with Crippen molar-refractivity contribution in [3.05, 3.63) is 75.7 Å². The molecule has 2 aliphatic rings. The van der Waals surface area contributed by atoms with Crippen LogP contribution in [0.2, 0.25) is 5.02 Å². The molecule has 1 saturated carbocycles. The highest BCUT2D eigenvalue weighted by atomic mass is 35.5. The highest BCUT2D eigenvalue weighted by molar-refractivity contribution is 7.90. The van der Waals surface area contributed by atoms with Gasteiger partial charge in [0.1, 0.15) is 11.9 Å². The van der Waals surface area contributed by atoms with Gasteiger partial charge in [0.15, 0.2) is 9.84 Å². The Morgan fingerprint density at radius 3 is 2.50 bits per heavy atom. The van der Waals surface area contributed by atoms with Crippen LogP contribution in [0.1, 0.15) is 36.9 Å². The van der Waals surface area contributed by atoms with E-state index in [4.69, 9.17) is 16.3 Å². The summed E-state index contributed by atoms with van der Waals surface area (Å²) in [6.45, 7) is 1.97. The SMILES string of the molecule is O=S(=O)(Cc1cscn1)c1ccc(OC2CCN(C3(c4ccccc4)CC3)CC2)c(Cl)c1. The average molecular weight is 489 g/mol. The van der Waals surface area contributed by atoms with Crippen LogP contribution in [-0.4, -0.2) is 37.5 Å². The van der Waals surface area contributed by atoms with Gasteiger partial charge in [0.2, 0.25) is 0 Å². The fraction of sp³-hybridized carbons (Fsp3) is 0.375. The Kier molecular flexibility index (Phi) is 6.01. The van der Waals surface area contributed by atoms with Crippen molar-refractivity contribution in [3.63, 3.8) is 0 Å². The van der Waals surface area contributed by atoms with Crippen molar-refractivity contribution in [2.75, 3.05) is 13.1 Å². The quantitative estimate of drug-likeness (QED) is 0.451. The van der Waals surface area contributed by atoms with Crippen molar-refractivity contribution < 1.29 is 13.2 Å². The first-order chi connectivity index (χ1) is 15.5. The van der Waals surface area contributed by atoms with Gasteiger partial charge in [0.05, 0.1) is 26.9 Å². The zero-order valence-corrected chi connectivity index (χ0v) is 20.0.